The number of nitrogens with one attached hydrogen (secondary N) is 1. The first-order chi connectivity index (χ1) is 9.31. The topological polar surface area (TPSA) is 63.2 Å². The van der Waals surface area contributed by atoms with Crippen LogP contribution in [0.25, 0.3) is 0 Å². The second kappa shape index (κ2) is 5.85. The minimum absolute atomic E-state index is 0.0766. The molecule has 0 saturated carbocycles. The molecular formula is C12H9BrClNO3S2. The molecule has 2 aromatic rings. The van der Waals surface area contributed by atoms with E-state index in [1.165, 1.54) is 13.0 Å². The number of benzene rings is 1. The Hall–Kier alpha value is -0.890. The summed E-state index contributed by atoms with van der Waals surface area (Å²) in [5.41, 5.74) is 0.568. The molecule has 0 spiro atoms. The number of sulfonamides is 1. The maximum absolute atomic E-state index is 12.3. The first-order valence-corrected chi connectivity index (χ1v) is 8.86. The van der Waals surface area contributed by atoms with Gasteiger partial charge < -0.3 is 0 Å². The highest BCUT2D eigenvalue weighted by atomic mass is 79.9. The molecule has 106 valence electrons. The van der Waals surface area contributed by atoms with E-state index in [9.17, 15) is 13.2 Å². The quantitative estimate of drug-likeness (QED) is 0.792. The lowest BCUT2D eigenvalue weighted by molar-refractivity contribution is 0.101. The molecule has 2 rings (SSSR count). The fraction of sp³-hybridized carbons (Fsp3) is 0.0833. The second-order valence-electron chi connectivity index (χ2n) is 3.89. The summed E-state index contributed by atoms with van der Waals surface area (Å²) in [6.07, 6.45) is 0. The number of para-hydroxylation sites is 1. The lowest BCUT2D eigenvalue weighted by atomic mass is 10.1. The van der Waals surface area contributed by atoms with Crippen LogP contribution < -0.4 is 4.72 Å². The van der Waals surface area contributed by atoms with Crippen molar-refractivity contribution < 1.29 is 13.2 Å². The molecule has 0 unspecified atom stereocenters. The van der Waals surface area contributed by atoms with Crippen molar-refractivity contribution in [1.82, 2.24) is 0 Å². The van der Waals surface area contributed by atoms with Gasteiger partial charge >= 0.3 is 0 Å². The van der Waals surface area contributed by atoms with Gasteiger partial charge in [0.15, 0.2) is 5.78 Å². The summed E-state index contributed by atoms with van der Waals surface area (Å²) in [6, 6.07) is 7.79. The molecule has 0 amide bonds. The zero-order chi connectivity index (χ0) is 14.9. The van der Waals surface area contributed by atoms with E-state index in [-0.39, 0.29) is 15.7 Å². The summed E-state index contributed by atoms with van der Waals surface area (Å²) in [6.45, 7) is 1.38. The Bertz CT molecular complexity index is 751. The Morgan fingerprint density at radius 3 is 2.55 bits per heavy atom. The van der Waals surface area contributed by atoms with Gasteiger partial charge in [0, 0.05) is 5.56 Å². The normalized spacial score (nSPS) is 11.3. The summed E-state index contributed by atoms with van der Waals surface area (Å²) in [5, 5.41) is 0.329. The number of Topliss-reactive ketones (excluding diaryl/α,β-unsaturated/α-hetero) is 1. The Morgan fingerprint density at radius 1 is 1.35 bits per heavy atom. The largest absolute Gasteiger partial charge is 0.294 e. The summed E-state index contributed by atoms with van der Waals surface area (Å²) < 4.78 is 27.5. The third-order valence-corrected chi connectivity index (χ3v) is 6.75. The monoisotopic (exact) mass is 393 g/mol. The number of carbonyl (C=O) groups is 1. The number of halogens is 2. The van der Waals surface area contributed by atoms with E-state index in [0.29, 0.717) is 14.4 Å². The van der Waals surface area contributed by atoms with Crippen molar-refractivity contribution in [3.05, 3.63) is 44.7 Å². The summed E-state index contributed by atoms with van der Waals surface area (Å²) in [4.78, 5) is 11.5. The van der Waals surface area contributed by atoms with Crippen molar-refractivity contribution in [2.45, 2.75) is 11.1 Å². The van der Waals surface area contributed by atoms with Gasteiger partial charge in [0.1, 0.15) is 4.21 Å². The van der Waals surface area contributed by atoms with Crippen LogP contribution in [0.3, 0.4) is 0 Å². The SMILES string of the molecule is CC(=O)c1ccccc1NS(=O)(=O)c1cc(Cl)c(Br)s1. The molecule has 0 aliphatic rings. The molecule has 0 bridgehead atoms. The molecule has 0 fully saturated rings. The Kier molecular flexibility index (Phi) is 4.53. The predicted molar refractivity (Wildman–Crippen MR) is 84.3 cm³/mol. The van der Waals surface area contributed by atoms with E-state index >= 15 is 0 Å². The summed E-state index contributed by atoms with van der Waals surface area (Å²) in [5.74, 6) is -0.214. The fourth-order valence-electron chi connectivity index (χ4n) is 1.53. The molecule has 4 nitrogen and oxygen atoms in total. The maximum atomic E-state index is 12.3. The minimum atomic E-state index is -3.77. The number of anilines is 1. The van der Waals surface area contributed by atoms with Crippen molar-refractivity contribution in [2.75, 3.05) is 4.72 Å². The maximum Gasteiger partial charge on any atom is 0.271 e. The molecule has 0 aliphatic carbocycles. The molecule has 0 atom stereocenters. The van der Waals surface area contributed by atoms with Gasteiger partial charge in [-0.2, -0.15) is 0 Å². The van der Waals surface area contributed by atoms with Crippen LogP contribution in [0.15, 0.2) is 38.3 Å². The summed E-state index contributed by atoms with van der Waals surface area (Å²) in [7, 11) is -3.77. The van der Waals surface area contributed by atoms with Crippen molar-refractivity contribution in [2.24, 2.45) is 0 Å². The van der Waals surface area contributed by atoms with Crippen LogP contribution in [0.2, 0.25) is 5.02 Å². The van der Waals surface area contributed by atoms with E-state index in [2.05, 4.69) is 20.7 Å². The molecule has 1 N–H and O–H groups in total. The van der Waals surface area contributed by atoms with Crippen LogP contribution in [0, 0.1) is 0 Å². The van der Waals surface area contributed by atoms with Gasteiger partial charge in [-0.3, -0.25) is 9.52 Å². The number of rotatable bonds is 4. The molecular weight excluding hydrogens is 386 g/mol. The smallest absolute Gasteiger partial charge is 0.271 e. The highest BCUT2D eigenvalue weighted by Gasteiger charge is 2.20. The van der Waals surface area contributed by atoms with E-state index in [1.807, 2.05) is 0 Å². The van der Waals surface area contributed by atoms with Gasteiger partial charge in [-0.05, 0) is 41.1 Å². The number of carbonyl (C=O) groups excluding carboxylic acids is 1. The number of ketones is 1. The highest BCUT2D eigenvalue weighted by Crippen LogP contribution is 2.35. The van der Waals surface area contributed by atoms with E-state index < -0.39 is 10.0 Å². The first kappa shape index (κ1) is 15.5. The molecule has 0 radical (unpaired) electrons. The second-order valence-corrected chi connectivity index (χ2v) is 8.58. The minimum Gasteiger partial charge on any atom is -0.294 e. The van der Waals surface area contributed by atoms with Gasteiger partial charge in [-0.25, -0.2) is 8.42 Å². The Labute approximate surface area is 134 Å². The third-order valence-electron chi connectivity index (χ3n) is 2.44. The van der Waals surface area contributed by atoms with Crippen molar-refractivity contribution in [3.8, 4) is 0 Å². The zero-order valence-corrected chi connectivity index (χ0v) is 14.2. The van der Waals surface area contributed by atoms with Gasteiger partial charge in [0.2, 0.25) is 0 Å². The Morgan fingerprint density at radius 2 is 2.00 bits per heavy atom. The standard InChI is InChI=1S/C12H9BrClNO3S2/c1-7(16)8-4-2-3-5-10(8)15-20(17,18)11-6-9(14)12(13)19-11/h2-6,15H,1H3. The van der Waals surface area contributed by atoms with Gasteiger partial charge in [-0.15, -0.1) is 11.3 Å². The third kappa shape index (κ3) is 3.22. The molecule has 0 aliphatic heterocycles. The molecule has 20 heavy (non-hydrogen) atoms. The van der Waals surface area contributed by atoms with E-state index in [4.69, 9.17) is 11.6 Å². The van der Waals surface area contributed by atoms with Crippen LogP contribution >= 0.6 is 38.9 Å². The van der Waals surface area contributed by atoms with Crippen LogP contribution in [0.1, 0.15) is 17.3 Å². The van der Waals surface area contributed by atoms with Crippen LogP contribution in [-0.4, -0.2) is 14.2 Å². The van der Waals surface area contributed by atoms with Crippen molar-refractivity contribution in [3.63, 3.8) is 0 Å². The van der Waals surface area contributed by atoms with Gasteiger partial charge in [0.25, 0.3) is 10.0 Å². The lowest BCUT2D eigenvalue weighted by Gasteiger charge is -2.09. The zero-order valence-electron chi connectivity index (χ0n) is 10.2. The Balaban J connectivity index is 2.41. The average molecular weight is 395 g/mol. The van der Waals surface area contributed by atoms with Crippen LogP contribution in [-0.2, 0) is 10.0 Å². The van der Waals surface area contributed by atoms with E-state index in [1.54, 1.807) is 24.3 Å². The molecule has 8 heteroatoms. The average Bonchev–Trinajstić information content (AvgIpc) is 2.70. The lowest BCUT2D eigenvalue weighted by Crippen LogP contribution is -2.13. The van der Waals surface area contributed by atoms with Crippen LogP contribution in [0.4, 0.5) is 5.69 Å². The summed E-state index contributed by atoms with van der Waals surface area (Å²) >= 11 is 10.0. The van der Waals surface area contributed by atoms with Crippen molar-refractivity contribution >= 4 is 60.4 Å². The number of hydrogen-bond acceptors (Lipinski definition) is 4. The van der Waals surface area contributed by atoms with Crippen molar-refractivity contribution in [1.29, 1.82) is 0 Å². The predicted octanol–water partition coefficient (Wildman–Crippen LogP) is 4.17. The first-order valence-electron chi connectivity index (χ1n) is 5.39. The molecule has 1 heterocycles. The molecule has 1 aromatic carbocycles. The molecule has 1 aromatic heterocycles. The van der Waals surface area contributed by atoms with E-state index in [0.717, 1.165) is 11.3 Å². The number of thiophene rings is 1. The highest BCUT2D eigenvalue weighted by molar-refractivity contribution is 9.11. The van der Waals surface area contributed by atoms with Crippen LogP contribution in [0.5, 0.6) is 0 Å². The number of hydrogen-bond donors (Lipinski definition) is 1. The van der Waals surface area contributed by atoms with Gasteiger partial charge in [-0.1, -0.05) is 23.7 Å². The molecule has 0 saturated heterocycles. The van der Waals surface area contributed by atoms with Gasteiger partial charge in [0.05, 0.1) is 14.5 Å². The fourth-order valence-corrected chi connectivity index (χ4v) is 5.01.